The van der Waals surface area contributed by atoms with Crippen LogP contribution in [0.2, 0.25) is 0 Å². The van der Waals surface area contributed by atoms with Crippen LogP contribution in [0.15, 0.2) is 29.9 Å². The van der Waals surface area contributed by atoms with Crippen molar-refractivity contribution < 1.29 is 0 Å². The largest absolute Gasteiger partial charge is 0.346 e. The molecule has 0 saturated carbocycles. The van der Waals surface area contributed by atoms with Gasteiger partial charge in [-0.15, -0.1) is 11.3 Å². The zero-order chi connectivity index (χ0) is 13.9. The Morgan fingerprint density at radius 3 is 2.65 bits per heavy atom. The molecule has 3 rings (SSSR count). The molecule has 0 radical (unpaired) electrons. The monoisotopic (exact) mass is 288 g/mol. The molecule has 1 fully saturated rings. The Bertz CT molecular complexity index is 546. The van der Waals surface area contributed by atoms with Crippen molar-refractivity contribution in [3.05, 3.63) is 41.2 Å². The van der Waals surface area contributed by atoms with Crippen LogP contribution in [0.3, 0.4) is 0 Å². The Morgan fingerprint density at radius 1 is 1.25 bits per heavy atom. The van der Waals surface area contributed by atoms with Gasteiger partial charge < -0.3 is 4.90 Å². The fraction of sp³-hybridized carbons (Fsp3) is 0.467. The third-order valence-corrected chi connectivity index (χ3v) is 4.93. The summed E-state index contributed by atoms with van der Waals surface area (Å²) in [6.07, 6.45) is 3.81. The van der Waals surface area contributed by atoms with Crippen LogP contribution in [0.25, 0.3) is 0 Å². The topological polar surface area (TPSA) is 32.3 Å². The van der Waals surface area contributed by atoms with Crippen LogP contribution in [-0.2, 0) is 0 Å². The summed E-state index contributed by atoms with van der Waals surface area (Å²) in [7, 11) is 0. The highest BCUT2D eigenvalue weighted by atomic mass is 32.1. The van der Waals surface area contributed by atoms with Gasteiger partial charge in [0.25, 0.3) is 0 Å². The molecule has 2 aromatic rings. The average molecular weight is 288 g/mol. The van der Waals surface area contributed by atoms with Gasteiger partial charge in [-0.05, 0) is 25.5 Å². The summed E-state index contributed by atoms with van der Waals surface area (Å²) in [5, 5.41) is 3.29. The number of aromatic nitrogens is 2. The maximum atomic E-state index is 4.58. The van der Waals surface area contributed by atoms with Crippen molar-refractivity contribution in [1.29, 1.82) is 0 Å². The van der Waals surface area contributed by atoms with Crippen LogP contribution in [0.5, 0.6) is 0 Å². The van der Waals surface area contributed by atoms with Crippen LogP contribution in [-0.4, -0.2) is 41.0 Å². The molecule has 0 amide bonds. The standard InChI is InChI=1S/C15H20N4S/c1-12-11-20-15(17-12)19-8-6-18(7-9-19)13(2)14-4-3-5-16-10-14/h3-5,10-11,13H,6-9H2,1-2H3/t13-/m0/s1. The molecule has 1 saturated heterocycles. The molecule has 2 aromatic heterocycles. The quantitative estimate of drug-likeness (QED) is 0.869. The maximum Gasteiger partial charge on any atom is 0.185 e. The molecule has 20 heavy (non-hydrogen) atoms. The van der Waals surface area contributed by atoms with E-state index in [9.17, 15) is 0 Å². The Labute approximate surface area is 124 Å². The fourth-order valence-electron chi connectivity index (χ4n) is 2.62. The van der Waals surface area contributed by atoms with Gasteiger partial charge in [-0.1, -0.05) is 6.07 Å². The van der Waals surface area contributed by atoms with E-state index >= 15 is 0 Å². The van der Waals surface area contributed by atoms with Gasteiger partial charge in [0.1, 0.15) is 0 Å². The summed E-state index contributed by atoms with van der Waals surface area (Å²) in [5.41, 5.74) is 2.42. The van der Waals surface area contributed by atoms with Gasteiger partial charge in [0.05, 0.1) is 5.69 Å². The number of piperazine rings is 1. The van der Waals surface area contributed by atoms with Crippen molar-refractivity contribution in [3.63, 3.8) is 0 Å². The van der Waals surface area contributed by atoms with Crippen molar-refractivity contribution in [3.8, 4) is 0 Å². The molecular weight excluding hydrogens is 268 g/mol. The first-order valence-corrected chi connectivity index (χ1v) is 7.93. The number of rotatable bonds is 3. The number of pyridine rings is 1. The number of hydrogen-bond donors (Lipinski definition) is 0. The first-order valence-electron chi connectivity index (χ1n) is 7.05. The molecule has 0 unspecified atom stereocenters. The molecule has 0 aromatic carbocycles. The van der Waals surface area contributed by atoms with E-state index in [1.165, 1.54) is 5.56 Å². The lowest BCUT2D eigenvalue weighted by molar-refractivity contribution is 0.198. The molecule has 106 valence electrons. The Morgan fingerprint density at radius 2 is 2.05 bits per heavy atom. The van der Waals surface area contributed by atoms with Crippen molar-refractivity contribution in [1.82, 2.24) is 14.9 Å². The number of nitrogens with zero attached hydrogens (tertiary/aromatic N) is 4. The lowest BCUT2D eigenvalue weighted by atomic mass is 10.1. The van der Waals surface area contributed by atoms with Gasteiger partial charge in [0.15, 0.2) is 5.13 Å². The van der Waals surface area contributed by atoms with E-state index in [0.717, 1.165) is 37.0 Å². The van der Waals surface area contributed by atoms with Gasteiger partial charge in [0, 0.05) is 50.0 Å². The average Bonchev–Trinajstić information content (AvgIpc) is 2.94. The molecule has 1 atom stereocenters. The minimum atomic E-state index is 0.434. The maximum absolute atomic E-state index is 4.58. The lowest BCUT2D eigenvalue weighted by Crippen LogP contribution is -2.47. The normalized spacial score (nSPS) is 18.2. The summed E-state index contributed by atoms with van der Waals surface area (Å²) in [6.45, 7) is 8.58. The summed E-state index contributed by atoms with van der Waals surface area (Å²) in [4.78, 5) is 13.7. The molecule has 1 aliphatic heterocycles. The Kier molecular flexibility index (Phi) is 3.98. The molecule has 3 heterocycles. The number of thiazole rings is 1. The Hall–Kier alpha value is -1.46. The SMILES string of the molecule is Cc1csc(N2CCN([C@@H](C)c3cccnc3)CC2)n1. The van der Waals surface area contributed by atoms with E-state index in [2.05, 4.69) is 45.1 Å². The highest BCUT2D eigenvalue weighted by Gasteiger charge is 2.23. The zero-order valence-corrected chi connectivity index (χ0v) is 12.8. The van der Waals surface area contributed by atoms with E-state index in [0.29, 0.717) is 6.04 Å². The predicted molar refractivity (Wildman–Crippen MR) is 83.3 cm³/mol. The minimum Gasteiger partial charge on any atom is -0.346 e. The van der Waals surface area contributed by atoms with Gasteiger partial charge in [-0.25, -0.2) is 4.98 Å². The Balaban J connectivity index is 1.61. The van der Waals surface area contributed by atoms with E-state index in [-0.39, 0.29) is 0 Å². The third-order valence-electron chi connectivity index (χ3n) is 3.91. The van der Waals surface area contributed by atoms with Crippen LogP contribution in [0.4, 0.5) is 5.13 Å². The first kappa shape index (κ1) is 13.5. The summed E-state index contributed by atoms with van der Waals surface area (Å²) >= 11 is 1.75. The summed E-state index contributed by atoms with van der Waals surface area (Å²) < 4.78 is 0. The third kappa shape index (κ3) is 2.83. The van der Waals surface area contributed by atoms with E-state index in [4.69, 9.17) is 0 Å². The summed E-state index contributed by atoms with van der Waals surface area (Å²) in [6, 6.07) is 4.61. The molecule has 1 aliphatic rings. The summed E-state index contributed by atoms with van der Waals surface area (Å²) in [5.74, 6) is 0. The number of anilines is 1. The van der Waals surface area contributed by atoms with Crippen molar-refractivity contribution in [2.24, 2.45) is 0 Å². The molecular formula is C15H20N4S. The molecule has 0 bridgehead atoms. The van der Waals surface area contributed by atoms with Crippen LogP contribution in [0, 0.1) is 6.92 Å². The van der Waals surface area contributed by atoms with Crippen LogP contribution < -0.4 is 4.90 Å². The predicted octanol–water partition coefficient (Wildman–Crippen LogP) is 2.73. The highest BCUT2D eigenvalue weighted by molar-refractivity contribution is 7.13. The van der Waals surface area contributed by atoms with Crippen molar-refractivity contribution in [2.75, 3.05) is 31.1 Å². The zero-order valence-electron chi connectivity index (χ0n) is 12.0. The second-order valence-electron chi connectivity index (χ2n) is 5.26. The number of hydrogen-bond acceptors (Lipinski definition) is 5. The lowest BCUT2D eigenvalue weighted by Gasteiger charge is -2.38. The van der Waals surface area contributed by atoms with Crippen molar-refractivity contribution in [2.45, 2.75) is 19.9 Å². The van der Waals surface area contributed by atoms with E-state index in [1.807, 2.05) is 18.5 Å². The number of aryl methyl sites for hydroxylation is 1. The van der Waals surface area contributed by atoms with Crippen LogP contribution >= 0.6 is 11.3 Å². The molecule has 0 N–H and O–H groups in total. The van der Waals surface area contributed by atoms with Gasteiger partial charge in [-0.2, -0.15) is 0 Å². The van der Waals surface area contributed by atoms with E-state index in [1.54, 1.807) is 11.3 Å². The second-order valence-corrected chi connectivity index (χ2v) is 6.09. The first-order chi connectivity index (χ1) is 9.74. The van der Waals surface area contributed by atoms with Gasteiger partial charge in [-0.3, -0.25) is 9.88 Å². The molecule has 0 aliphatic carbocycles. The van der Waals surface area contributed by atoms with Gasteiger partial charge >= 0.3 is 0 Å². The molecule has 0 spiro atoms. The van der Waals surface area contributed by atoms with E-state index < -0.39 is 0 Å². The molecule has 5 heteroatoms. The smallest absolute Gasteiger partial charge is 0.185 e. The second kappa shape index (κ2) is 5.89. The van der Waals surface area contributed by atoms with Crippen molar-refractivity contribution >= 4 is 16.5 Å². The minimum absolute atomic E-state index is 0.434. The van der Waals surface area contributed by atoms with Gasteiger partial charge in [0.2, 0.25) is 0 Å². The van der Waals surface area contributed by atoms with Crippen LogP contribution in [0.1, 0.15) is 24.2 Å². The highest BCUT2D eigenvalue weighted by Crippen LogP contribution is 2.25. The molecule has 4 nitrogen and oxygen atoms in total. The fourth-order valence-corrected chi connectivity index (χ4v) is 3.48.